The van der Waals surface area contributed by atoms with Crippen LogP contribution in [0.3, 0.4) is 0 Å². The minimum atomic E-state index is -0.344. The maximum absolute atomic E-state index is 11.9. The van der Waals surface area contributed by atoms with Crippen LogP contribution < -0.4 is 10.1 Å². The molecule has 5 heteroatoms. The highest BCUT2D eigenvalue weighted by Gasteiger charge is 2.11. The lowest BCUT2D eigenvalue weighted by molar-refractivity contribution is 0.0948. The molecule has 0 saturated carbocycles. The number of carbonyl (C=O) groups is 1. The first-order valence-electron chi connectivity index (χ1n) is 5.75. The second-order valence-electron chi connectivity index (χ2n) is 3.93. The third-order valence-corrected chi connectivity index (χ3v) is 2.63. The van der Waals surface area contributed by atoms with E-state index in [0.717, 1.165) is 5.56 Å². The number of aromatic hydroxyl groups is 1. The number of hydrogen-bond acceptors (Lipinski definition) is 4. The number of aromatic nitrogens is 1. The van der Waals surface area contributed by atoms with E-state index in [9.17, 15) is 9.90 Å². The second-order valence-corrected chi connectivity index (χ2v) is 3.93. The Balaban J connectivity index is 2.04. The molecule has 0 unspecified atom stereocenters. The second kappa shape index (κ2) is 5.86. The van der Waals surface area contributed by atoms with Crippen LogP contribution in [0, 0.1) is 0 Å². The fourth-order valence-electron chi connectivity index (χ4n) is 1.61. The number of rotatable bonds is 4. The van der Waals surface area contributed by atoms with Gasteiger partial charge in [0, 0.05) is 25.0 Å². The number of nitrogens with one attached hydrogen (secondary N) is 1. The summed E-state index contributed by atoms with van der Waals surface area (Å²) >= 11 is 0. The largest absolute Gasteiger partial charge is 0.507 e. The molecule has 0 aliphatic carbocycles. The number of benzene rings is 1. The number of amides is 1. The van der Waals surface area contributed by atoms with E-state index in [4.69, 9.17) is 4.74 Å². The van der Waals surface area contributed by atoms with Crippen LogP contribution in [0.1, 0.15) is 15.9 Å². The molecule has 5 nitrogen and oxygen atoms in total. The average molecular weight is 258 g/mol. The number of phenolic OH excluding ortho intramolecular Hbond substituents is 1. The lowest BCUT2D eigenvalue weighted by Gasteiger charge is -2.08. The van der Waals surface area contributed by atoms with Crippen LogP contribution in [0.4, 0.5) is 0 Å². The molecule has 0 spiro atoms. The number of hydrogen-bond donors (Lipinski definition) is 2. The van der Waals surface area contributed by atoms with Crippen LogP contribution in [0.5, 0.6) is 11.5 Å². The van der Waals surface area contributed by atoms with Crippen molar-refractivity contribution in [2.24, 2.45) is 0 Å². The van der Waals surface area contributed by atoms with Crippen LogP contribution >= 0.6 is 0 Å². The fourth-order valence-corrected chi connectivity index (χ4v) is 1.61. The summed E-state index contributed by atoms with van der Waals surface area (Å²) in [6.45, 7) is 0.359. The molecule has 0 aliphatic rings. The van der Waals surface area contributed by atoms with Gasteiger partial charge in [-0.1, -0.05) is 6.07 Å². The summed E-state index contributed by atoms with van der Waals surface area (Å²) < 4.78 is 4.96. The van der Waals surface area contributed by atoms with Gasteiger partial charge < -0.3 is 15.2 Å². The number of carbonyl (C=O) groups excluding carboxylic acids is 1. The Kier molecular flexibility index (Phi) is 3.97. The topological polar surface area (TPSA) is 71.5 Å². The molecule has 2 aromatic rings. The van der Waals surface area contributed by atoms with Crippen molar-refractivity contribution in [3.8, 4) is 11.5 Å². The minimum absolute atomic E-state index is 0.108. The molecular weight excluding hydrogens is 244 g/mol. The molecule has 0 bridgehead atoms. The van der Waals surface area contributed by atoms with E-state index in [1.54, 1.807) is 24.5 Å². The van der Waals surface area contributed by atoms with Gasteiger partial charge in [0.2, 0.25) is 0 Å². The smallest absolute Gasteiger partial charge is 0.255 e. The molecule has 1 aromatic heterocycles. The average Bonchev–Trinajstić information content (AvgIpc) is 2.45. The van der Waals surface area contributed by atoms with Crippen molar-refractivity contribution in [1.29, 1.82) is 0 Å². The summed E-state index contributed by atoms with van der Waals surface area (Å²) in [5.74, 6) is 0.0494. The van der Waals surface area contributed by atoms with Gasteiger partial charge in [0.1, 0.15) is 11.5 Å². The molecule has 2 N–H and O–H groups in total. The molecule has 1 heterocycles. The molecule has 2 rings (SSSR count). The Morgan fingerprint density at radius 2 is 2.26 bits per heavy atom. The molecule has 98 valence electrons. The number of pyridine rings is 1. The molecule has 1 aromatic carbocycles. The number of phenols is 1. The zero-order chi connectivity index (χ0) is 13.7. The van der Waals surface area contributed by atoms with Gasteiger partial charge >= 0.3 is 0 Å². The van der Waals surface area contributed by atoms with E-state index in [1.165, 1.54) is 19.2 Å². The summed E-state index contributed by atoms with van der Waals surface area (Å²) in [6.07, 6.45) is 3.34. The van der Waals surface area contributed by atoms with E-state index >= 15 is 0 Å². The summed E-state index contributed by atoms with van der Waals surface area (Å²) in [5, 5.41) is 12.5. The predicted octanol–water partition coefficient (Wildman–Crippen LogP) is 1.73. The standard InChI is InChI=1S/C14H14N2O3/c1-19-11-4-5-12(13(17)7-11)14(18)16-9-10-3-2-6-15-8-10/h2-8,17H,9H2,1H3,(H,16,18). The normalized spacial score (nSPS) is 9.95. The van der Waals surface area contributed by atoms with Gasteiger partial charge in [0.15, 0.2) is 0 Å². The Labute approximate surface area is 110 Å². The van der Waals surface area contributed by atoms with Crippen molar-refractivity contribution in [2.45, 2.75) is 6.54 Å². The molecule has 0 aliphatic heterocycles. The highest BCUT2D eigenvalue weighted by molar-refractivity contribution is 5.96. The van der Waals surface area contributed by atoms with Gasteiger partial charge in [-0.25, -0.2) is 0 Å². The first kappa shape index (κ1) is 12.9. The van der Waals surface area contributed by atoms with Crippen molar-refractivity contribution in [3.05, 3.63) is 53.9 Å². The van der Waals surface area contributed by atoms with Crippen molar-refractivity contribution in [3.63, 3.8) is 0 Å². The van der Waals surface area contributed by atoms with Crippen molar-refractivity contribution in [2.75, 3.05) is 7.11 Å². The Bertz CT molecular complexity index is 570. The fraction of sp³-hybridized carbons (Fsp3) is 0.143. The molecule has 1 amide bonds. The minimum Gasteiger partial charge on any atom is -0.507 e. The van der Waals surface area contributed by atoms with Crippen molar-refractivity contribution in [1.82, 2.24) is 10.3 Å². The van der Waals surface area contributed by atoms with E-state index in [0.29, 0.717) is 12.3 Å². The molecule has 0 fully saturated rings. The molecule has 0 atom stereocenters. The van der Waals surface area contributed by atoms with Crippen LogP contribution in [0.25, 0.3) is 0 Å². The van der Waals surface area contributed by atoms with Crippen LogP contribution in [0.15, 0.2) is 42.7 Å². The molecule has 19 heavy (non-hydrogen) atoms. The molecular formula is C14H14N2O3. The third-order valence-electron chi connectivity index (χ3n) is 2.63. The van der Waals surface area contributed by atoms with Gasteiger partial charge in [-0.15, -0.1) is 0 Å². The quantitative estimate of drug-likeness (QED) is 0.876. The summed E-state index contributed by atoms with van der Waals surface area (Å²) in [4.78, 5) is 15.9. The maximum Gasteiger partial charge on any atom is 0.255 e. The Morgan fingerprint density at radius 1 is 1.42 bits per heavy atom. The summed E-state index contributed by atoms with van der Waals surface area (Å²) in [6, 6.07) is 8.21. The van der Waals surface area contributed by atoms with E-state index in [2.05, 4.69) is 10.3 Å². The van der Waals surface area contributed by atoms with Gasteiger partial charge in [0.25, 0.3) is 5.91 Å². The highest BCUT2D eigenvalue weighted by atomic mass is 16.5. The lowest BCUT2D eigenvalue weighted by atomic mass is 10.1. The third kappa shape index (κ3) is 3.22. The van der Waals surface area contributed by atoms with E-state index in [-0.39, 0.29) is 17.2 Å². The first-order chi connectivity index (χ1) is 9.20. The van der Waals surface area contributed by atoms with E-state index in [1.807, 2.05) is 6.07 Å². The van der Waals surface area contributed by atoms with Crippen LogP contribution in [-0.2, 0) is 6.54 Å². The monoisotopic (exact) mass is 258 g/mol. The van der Waals surface area contributed by atoms with Gasteiger partial charge in [-0.05, 0) is 23.8 Å². The van der Waals surface area contributed by atoms with Crippen molar-refractivity contribution < 1.29 is 14.6 Å². The predicted molar refractivity (Wildman–Crippen MR) is 70.1 cm³/mol. The maximum atomic E-state index is 11.9. The van der Waals surface area contributed by atoms with Crippen LogP contribution in [0.2, 0.25) is 0 Å². The highest BCUT2D eigenvalue weighted by Crippen LogP contribution is 2.23. The number of nitrogens with zero attached hydrogens (tertiary/aromatic N) is 1. The summed E-state index contributed by atoms with van der Waals surface area (Å²) in [7, 11) is 1.50. The Morgan fingerprint density at radius 3 is 2.89 bits per heavy atom. The zero-order valence-electron chi connectivity index (χ0n) is 10.5. The van der Waals surface area contributed by atoms with Gasteiger partial charge in [-0.3, -0.25) is 9.78 Å². The number of ether oxygens (including phenoxy) is 1. The lowest BCUT2D eigenvalue weighted by Crippen LogP contribution is -2.22. The number of methoxy groups -OCH3 is 1. The zero-order valence-corrected chi connectivity index (χ0v) is 10.5. The van der Waals surface area contributed by atoms with E-state index < -0.39 is 0 Å². The van der Waals surface area contributed by atoms with Crippen LogP contribution in [-0.4, -0.2) is 23.1 Å². The molecule has 0 radical (unpaired) electrons. The summed E-state index contributed by atoms with van der Waals surface area (Å²) in [5.41, 5.74) is 1.11. The Hall–Kier alpha value is -2.56. The van der Waals surface area contributed by atoms with Gasteiger partial charge in [-0.2, -0.15) is 0 Å². The first-order valence-corrected chi connectivity index (χ1v) is 5.75. The SMILES string of the molecule is COc1ccc(C(=O)NCc2cccnc2)c(O)c1. The van der Waals surface area contributed by atoms with Gasteiger partial charge in [0.05, 0.1) is 12.7 Å². The van der Waals surface area contributed by atoms with Crippen molar-refractivity contribution >= 4 is 5.91 Å². The molecule has 0 saturated heterocycles.